The molecular weight excluding hydrogens is 276 g/mol. The van der Waals surface area contributed by atoms with E-state index in [1.54, 1.807) is 18.2 Å². The summed E-state index contributed by atoms with van der Waals surface area (Å²) in [6.45, 7) is 1.98. The van der Waals surface area contributed by atoms with Gasteiger partial charge in [-0.1, -0.05) is 13.0 Å². The number of carboxylic acids is 1. The molecule has 6 heteroatoms. The van der Waals surface area contributed by atoms with Crippen molar-refractivity contribution in [3.05, 3.63) is 45.8 Å². The van der Waals surface area contributed by atoms with Crippen LogP contribution in [0.1, 0.15) is 35.7 Å². The fraction of sp³-hybridized carbons (Fsp3) is 0.267. The van der Waals surface area contributed by atoms with Crippen LogP contribution < -0.4 is 5.63 Å². The molecule has 6 nitrogen and oxygen atoms in total. The number of esters is 1. The van der Waals surface area contributed by atoms with E-state index >= 15 is 0 Å². The normalized spacial score (nSPS) is 10.5. The van der Waals surface area contributed by atoms with Crippen molar-refractivity contribution < 1.29 is 23.8 Å². The molecule has 21 heavy (non-hydrogen) atoms. The van der Waals surface area contributed by atoms with Gasteiger partial charge in [0, 0.05) is 11.8 Å². The summed E-state index contributed by atoms with van der Waals surface area (Å²) in [5, 5.41) is 9.37. The summed E-state index contributed by atoms with van der Waals surface area (Å²) >= 11 is 0. The van der Waals surface area contributed by atoms with E-state index in [0.717, 1.165) is 0 Å². The number of carbonyl (C=O) groups excluding carboxylic acids is 1. The zero-order valence-corrected chi connectivity index (χ0v) is 11.4. The summed E-state index contributed by atoms with van der Waals surface area (Å²) in [5.41, 5.74) is -0.342. The van der Waals surface area contributed by atoms with E-state index < -0.39 is 17.2 Å². The van der Waals surface area contributed by atoms with Gasteiger partial charge >= 0.3 is 17.6 Å². The lowest BCUT2D eigenvalue weighted by Crippen LogP contribution is -2.12. The van der Waals surface area contributed by atoms with Crippen molar-refractivity contribution in [3.63, 3.8) is 0 Å². The number of ether oxygens (including phenoxy) is 1. The van der Waals surface area contributed by atoms with Gasteiger partial charge in [-0.15, -0.1) is 0 Å². The van der Waals surface area contributed by atoms with E-state index in [1.165, 1.54) is 6.07 Å². The molecule has 0 atom stereocenters. The van der Waals surface area contributed by atoms with Gasteiger partial charge in [0.25, 0.3) is 0 Å². The average molecular weight is 290 g/mol. The lowest BCUT2D eigenvalue weighted by atomic mass is 10.1. The summed E-state index contributed by atoms with van der Waals surface area (Å²) in [5.74, 6) is -1.63. The molecule has 0 saturated carbocycles. The molecule has 0 spiro atoms. The topological polar surface area (TPSA) is 93.8 Å². The smallest absolute Gasteiger partial charge is 0.351 e. The molecule has 110 valence electrons. The molecule has 0 aliphatic carbocycles. The molecule has 2 rings (SSSR count). The minimum atomic E-state index is -1.34. The Hall–Kier alpha value is -2.63. The molecule has 0 aliphatic heterocycles. The highest BCUT2D eigenvalue weighted by Gasteiger charge is 2.12. The van der Waals surface area contributed by atoms with Crippen molar-refractivity contribution in [2.24, 2.45) is 0 Å². The van der Waals surface area contributed by atoms with Crippen LogP contribution in [0.5, 0.6) is 0 Å². The Morgan fingerprint density at radius 3 is 2.71 bits per heavy atom. The van der Waals surface area contributed by atoms with Gasteiger partial charge in [0.15, 0.2) is 0 Å². The predicted octanol–water partition coefficient (Wildman–Crippen LogP) is 2.33. The zero-order valence-electron chi connectivity index (χ0n) is 11.4. The van der Waals surface area contributed by atoms with Crippen molar-refractivity contribution in [2.75, 3.05) is 0 Å². The minimum Gasteiger partial charge on any atom is -0.477 e. The Balaban J connectivity index is 2.28. The van der Waals surface area contributed by atoms with Crippen LogP contribution >= 0.6 is 0 Å². The van der Waals surface area contributed by atoms with Crippen molar-refractivity contribution in [2.45, 2.75) is 26.4 Å². The van der Waals surface area contributed by atoms with Crippen molar-refractivity contribution >= 4 is 22.9 Å². The van der Waals surface area contributed by atoms with Gasteiger partial charge in [-0.3, -0.25) is 4.79 Å². The first-order chi connectivity index (χ1) is 10.0. The number of carbonyl (C=O) groups is 2. The van der Waals surface area contributed by atoms with Crippen LogP contribution in [-0.2, 0) is 16.1 Å². The number of aromatic carboxylic acids is 1. The van der Waals surface area contributed by atoms with Crippen molar-refractivity contribution in [1.29, 1.82) is 0 Å². The van der Waals surface area contributed by atoms with Gasteiger partial charge < -0.3 is 14.3 Å². The van der Waals surface area contributed by atoms with Gasteiger partial charge in [-0.05, 0) is 30.2 Å². The van der Waals surface area contributed by atoms with Crippen LogP contribution in [0.15, 0.2) is 33.5 Å². The molecule has 0 unspecified atom stereocenters. The Morgan fingerprint density at radius 1 is 1.29 bits per heavy atom. The zero-order chi connectivity index (χ0) is 15.4. The van der Waals surface area contributed by atoms with E-state index in [9.17, 15) is 14.4 Å². The monoisotopic (exact) mass is 290 g/mol. The lowest BCUT2D eigenvalue weighted by molar-refractivity contribution is -0.144. The Labute approximate surface area is 119 Å². The molecular formula is C15H14O6. The third kappa shape index (κ3) is 3.47. The number of hydrogen-bond acceptors (Lipinski definition) is 5. The van der Waals surface area contributed by atoms with E-state index in [2.05, 4.69) is 0 Å². The maximum absolute atomic E-state index is 11.4. The second-order valence-corrected chi connectivity index (χ2v) is 4.54. The molecule has 1 aromatic heterocycles. The third-order valence-electron chi connectivity index (χ3n) is 2.88. The highest BCUT2D eigenvalue weighted by atomic mass is 16.5. The Morgan fingerprint density at radius 2 is 2.05 bits per heavy atom. The first-order valence-electron chi connectivity index (χ1n) is 6.47. The summed E-state index contributed by atoms with van der Waals surface area (Å²) in [7, 11) is 0. The number of fused-ring (bicyclic) bond motifs is 1. The largest absolute Gasteiger partial charge is 0.477 e. The van der Waals surface area contributed by atoms with E-state index in [-0.39, 0.29) is 18.2 Å². The molecule has 0 bridgehead atoms. The predicted molar refractivity (Wildman–Crippen MR) is 74.1 cm³/mol. The summed E-state index contributed by atoms with van der Waals surface area (Å²) < 4.78 is 10.0. The number of benzene rings is 1. The standard InChI is InChI=1S/C15H14O6/c1-2-3-13(16)20-8-9-4-5-12-10(6-9)7-11(14(17)18)15(19)21-12/h4-7H,2-3,8H2,1H3,(H,17,18). The fourth-order valence-corrected chi connectivity index (χ4v) is 1.85. The molecule has 0 aliphatic rings. The van der Waals surface area contributed by atoms with E-state index in [0.29, 0.717) is 23.8 Å². The van der Waals surface area contributed by atoms with Crippen LogP contribution in [0.3, 0.4) is 0 Å². The van der Waals surface area contributed by atoms with E-state index in [1.807, 2.05) is 6.92 Å². The lowest BCUT2D eigenvalue weighted by Gasteiger charge is -2.05. The van der Waals surface area contributed by atoms with Crippen LogP contribution in [0.25, 0.3) is 11.0 Å². The highest BCUT2D eigenvalue weighted by molar-refractivity contribution is 5.91. The molecule has 1 aromatic carbocycles. The number of carboxylic acid groups (broad SMARTS) is 1. The highest BCUT2D eigenvalue weighted by Crippen LogP contribution is 2.16. The molecule has 0 fully saturated rings. The van der Waals surface area contributed by atoms with Crippen molar-refractivity contribution in [1.82, 2.24) is 0 Å². The van der Waals surface area contributed by atoms with Gasteiger partial charge in [0.1, 0.15) is 17.8 Å². The second kappa shape index (κ2) is 6.21. The second-order valence-electron chi connectivity index (χ2n) is 4.54. The SMILES string of the molecule is CCCC(=O)OCc1ccc2oc(=O)c(C(=O)O)cc2c1. The van der Waals surface area contributed by atoms with Crippen molar-refractivity contribution in [3.8, 4) is 0 Å². The molecule has 1 heterocycles. The average Bonchev–Trinajstić information content (AvgIpc) is 2.44. The first-order valence-corrected chi connectivity index (χ1v) is 6.47. The number of rotatable bonds is 5. The minimum absolute atomic E-state index is 0.0936. The number of hydrogen-bond donors (Lipinski definition) is 1. The molecule has 1 N–H and O–H groups in total. The van der Waals surface area contributed by atoms with Crippen LogP contribution in [0.4, 0.5) is 0 Å². The van der Waals surface area contributed by atoms with Crippen LogP contribution in [-0.4, -0.2) is 17.0 Å². The molecule has 0 saturated heterocycles. The fourth-order valence-electron chi connectivity index (χ4n) is 1.85. The van der Waals surface area contributed by atoms with Gasteiger partial charge in [0.05, 0.1) is 0 Å². The Bertz CT molecular complexity index is 743. The van der Waals surface area contributed by atoms with Crippen LogP contribution in [0.2, 0.25) is 0 Å². The van der Waals surface area contributed by atoms with E-state index in [4.69, 9.17) is 14.3 Å². The third-order valence-corrected chi connectivity index (χ3v) is 2.88. The molecule has 2 aromatic rings. The summed E-state index contributed by atoms with van der Waals surface area (Å²) in [4.78, 5) is 33.6. The maximum atomic E-state index is 11.4. The Kier molecular flexibility index (Phi) is 4.37. The molecule has 0 amide bonds. The first kappa shape index (κ1) is 14.8. The van der Waals surface area contributed by atoms with Gasteiger partial charge in [-0.25, -0.2) is 9.59 Å². The van der Waals surface area contributed by atoms with Gasteiger partial charge in [0.2, 0.25) is 0 Å². The van der Waals surface area contributed by atoms with Gasteiger partial charge in [-0.2, -0.15) is 0 Å². The quantitative estimate of drug-likeness (QED) is 0.671. The maximum Gasteiger partial charge on any atom is 0.351 e. The van der Waals surface area contributed by atoms with Crippen LogP contribution in [0, 0.1) is 0 Å². The summed E-state index contributed by atoms with van der Waals surface area (Å²) in [6, 6.07) is 6.08. The molecule has 0 radical (unpaired) electrons. The summed E-state index contributed by atoms with van der Waals surface area (Å²) in [6.07, 6.45) is 1.06.